The van der Waals surface area contributed by atoms with Gasteiger partial charge >= 0.3 is 5.97 Å². The van der Waals surface area contributed by atoms with E-state index in [1.165, 1.54) is 7.11 Å². The number of carbonyl (C=O) groups excluding carboxylic acids is 1. The molecule has 16 heavy (non-hydrogen) atoms. The SMILES string of the molecule is COC(=O)C1CC=CC(N2CCOCC2)C1. The second kappa shape index (κ2) is 5.46. The molecule has 2 atom stereocenters. The van der Waals surface area contributed by atoms with Crippen molar-refractivity contribution in [2.45, 2.75) is 18.9 Å². The van der Waals surface area contributed by atoms with E-state index in [0.717, 1.165) is 39.1 Å². The Hall–Kier alpha value is -0.870. The summed E-state index contributed by atoms with van der Waals surface area (Å²) in [5.41, 5.74) is 0. The standard InChI is InChI=1S/C12H19NO3/c1-15-12(14)10-3-2-4-11(9-10)13-5-7-16-8-6-13/h2,4,10-11H,3,5-9H2,1H3. The number of rotatable bonds is 2. The molecule has 90 valence electrons. The van der Waals surface area contributed by atoms with E-state index >= 15 is 0 Å². The predicted molar refractivity (Wildman–Crippen MR) is 60.1 cm³/mol. The first kappa shape index (κ1) is 11.6. The van der Waals surface area contributed by atoms with Gasteiger partial charge in [0.25, 0.3) is 0 Å². The van der Waals surface area contributed by atoms with E-state index in [2.05, 4.69) is 17.1 Å². The quantitative estimate of drug-likeness (QED) is 0.515. The Morgan fingerprint density at radius 2 is 2.19 bits per heavy atom. The molecule has 1 fully saturated rings. The molecule has 0 aromatic heterocycles. The first-order valence-electron chi connectivity index (χ1n) is 5.87. The maximum absolute atomic E-state index is 11.5. The molecule has 4 heteroatoms. The van der Waals surface area contributed by atoms with Crippen molar-refractivity contribution in [1.82, 2.24) is 4.90 Å². The fourth-order valence-electron chi connectivity index (χ4n) is 2.41. The van der Waals surface area contributed by atoms with Gasteiger partial charge in [0.1, 0.15) is 0 Å². The van der Waals surface area contributed by atoms with Gasteiger partial charge in [-0.15, -0.1) is 0 Å². The molecule has 2 rings (SSSR count). The smallest absolute Gasteiger partial charge is 0.309 e. The number of hydrogen-bond donors (Lipinski definition) is 0. The van der Waals surface area contributed by atoms with Crippen molar-refractivity contribution in [1.29, 1.82) is 0 Å². The Balaban J connectivity index is 1.93. The van der Waals surface area contributed by atoms with E-state index < -0.39 is 0 Å². The lowest BCUT2D eigenvalue weighted by molar-refractivity contribution is -0.146. The summed E-state index contributed by atoms with van der Waals surface area (Å²) in [4.78, 5) is 13.9. The van der Waals surface area contributed by atoms with E-state index in [0.29, 0.717) is 6.04 Å². The Morgan fingerprint density at radius 1 is 1.44 bits per heavy atom. The Bertz CT molecular complexity index is 271. The minimum absolute atomic E-state index is 0.0304. The number of carbonyl (C=O) groups is 1. The highest BCUT2D eigenvalue weighted by molar-refractivity contribution is 5.72. The van der Waals surface area contributed by atoms with Gasteiger partial charge in [-0.1, -0.05) is 12.2 Å². The van der Waals surface area contributed by atoms with E-state index in [1.54, 1.807) is 0 Å². The third-order valence-corrected chi connectivity index (χ3v) is 3.35. The molecule has 1 aliphatic heterocycles. The predicted octanol–water partition coefficient (Wildman–Crippen LogP) is 0.826. The zero-order valence-electron chi connectivity index (χ0n) is 9.72. The normalized spacial score (nSPS) is 31.3. The molecule has 2 aliphatic rings. The molecule has 1 saturated heterocycles. The average Bonchev–Trinajstić information content (AvgIpc) is 2.39. The number of hydrogen-bond acceptors (Lipinski definition) is 4. The number of morpholine rings is 1. The zero-order valence-corrected chi connectivity index (χ0v) is 9.72. The fraction of sp³-hybridized carbons (Fsp3) is 0.750. The van der Waals surface area contributed by atoms with E-state index in [9.17, 15) is 4.79 Å². The first-order valence-corrected chi connectivity index (χ1v) is 5.87. The van der Waals surface area contributed by atoms with Crippen molar-refractivity contribution in [3.05, 3.63) is 12.2 Å². The lowest BCUT2D eigenvalue weighted by atomic mass is 9.90. The van der Waals surface area contributed by atoms with Crippen molar-refractivity contribution in [2.24, 2.45) is 5.92 Å². The molecule has 0 N–H and O–H groups in total. The van der Waals surface area contributed by atoms with Gasteiger partial charge in [0.05, 0.1) is 26.2 Å². The maximum Gasteiger partial charge on any atom is 0.309 e. The van der Waals surface area contributed by atoms with Crippen molar-refractivity contribution in [3.8, 4) is 0 Å². The zero-order chi connectivity index (χ0) is 11.4. The number of allylic oxidation sites excluding steroid dienone is 1. The van der Waals surface area contributed by atoms with Gasteiger partial charge in [-0.3, -0.25) is 9.69 Å². The second-order valence-electron chi connectivity index (χ2n) is 4.34. The van der Waals surface area contributed by atoms with Crippen LogP contribution in [-0.2, 0) is 14.3 Å². The van der Waals surface area contributed by atoms with Crippen LogP contribution >= 0.6 is 0 Å². The van der Waals surface area contributed by atoms with E-state index in [4.69, 9.17) is 9.47 Å². The highest BCUT2D eigenvalue weighted by Gasteiger charge is 2.28. The lowest BCUT2D eigenvalue weighted by Gasteiger charge is -2.35. The minimum Gasteiger partial charge on any atom is -0.469 e. The summed E-state index contributed by atoms with van der Waals surface area (Å²) in [5.74, 6) is -0.0505. The average molecular weight is 225 g/mol. The van der Waals surface area contributed by atoms with Crippen LogP contribution in [-0.4, -0.2) is 50.3 Å². The number of esters is 1. The summed E-state index contributed by atoms with van der Waals surface area (Å²) in [6.07, 6.45) is 6.01. The van der Waals surface area contributed by atoms with Crippen LogP contribution < -0.4 is 0 Å². The van der Waals surface area contributed by atoms with E-state index in [-0.39, 0.29) is 11.9 Å². The number of nitrogens with zero attached hydrogens (tertiary/aromatic N) is 1. The van der Waals surface area contributed by atoms with Crippen LogP contribution in [0.5, 0.6) is 0 Å². The molecule has 0 amide bonds. The summed E-state index contributed by atoms with van der Waals surface area (Å²) in [5, 5.41) is 0. The highest BCUT2D eigenvalue weighted by atomic mass is 16.5. The molecule has 0 aromatic carbocycles. The van der Waals surface area contributed by atoms with Gasteiger partial charge in [-0.05, 0) is 12.8 Å². The molecular formula is C12H19NO3. The summed E-state index contributed by atoms with van der Waals surface area (Å²) < 4.78 is 10.1. The van der Waals surface area contributed by atoms with Crippen molar-refractivity contribution < 1.29 is 14.3 Å². The van der Waals surface area contributed by atoms with Crippen LogP contribution in [0.1, 0.15) is 12.8 Å². The maximum atomic E-state index is 11.5. The van der Waals surface area contributed by atoms with Gasteiger partial charge in [0.2, 0.25) is 0 Å². The molecular weight excluding hydrogens is 206 g/mol. The molecule has 0 bridgehead atoms. The lowest BCUT2D eigenvalue weighted by Crippen LogP contribution is -2.44. The molecule has 4 nitrogen and oxygen atoms in total. The van der Waals surface area contributed by atoms with Gasteiger partial charge < -0.3 is 9.47 Å². The molecule has 1 heterocycles. The van der Waals surface area contributed by atoms with Crippen LogP contribution in [0.15, 0.2) is 12.2 Å². The molecule has 2 unspecified atom stereocenters. The number of methoxy groups -OCH3 is 1. The topological polar surface area (TPSA) is 38.8 Å². The Morgan fingerprint density at radius 3 is 2.88 bits per heavy atom. The van der Waals surface area contributed by atoms with Crippen molar-refractivity contribution in [2.75, 3.05) is 33.4 Å². The summed E-state index contributed by atoms with van der Waals surface area (Å²) >= 11 is 0. The van der Waals surface area contributed by atoms with Crippen LogP contribution in [0.4, 0.5) is 0 Å². The third kappa shape index (κ3) is 2.62. The van der Waals surface area contributed by atoms with Gasteiger partial charge in [-0.25, -0.2) is 0 Å². The van der Waals surface area contributed by atoms with Gasteiger partial charge in [-0.2, -0.15) is 0 Å². The second-order valence-corrected chi connectivity index (χ2v) is 4.34. The molecule has 0 radical (unpaired) electrons. The van der Waals surface area contributed by atoms with Crippen LogP contribution in [0, 0.1) is 5.92 Å². The largest absolute Gasteiger partial charge is 0.469 e. The fourth-order valence-corrected chi connectivity index (χ4v) is 2.41. The van der Waals surface area contributed by atoms with E-state index in [1.807, 2.05) is 0 Å². The Labute approximate surface area is 96.2 Å². The summed E-state index contributed by atoms with van der Waals surface area (Å²) in [6.45, 7) is 3.52. The van der Waals surface area contributed by atoms with Crippen LogP contribution in [0.25, 0.3) is 0 Å². The third-order valence-electron chi connectivity index (χ3n) is 3.35. The van der Waals surface area contributed by atoms with Crippen molar-refractivity contribution in [3.63, 3.8) is 0 Å². The van der Waals surface area contributed by atoms with Crippen LogP contribution in [0.3, 0.4) is 0 Å². The first-order chi connectivity index (χ1) is 7.81. The van der Waals surface area contributed by atoms with Crippen molar-refractivity contribution >= 4 is 5.97 Å². The number of ether oxygens (including phenoxy) is 2. The minimum atomic E-state index is -0.0809. The Kier molecular flexibility index (Phi) is 3.96. The van der Waals surface area contributed by atoms with Crippen LogP contribution in [0.2, 0.25) is 0 Å². The molecule has 0 spiro atoms. The van der Waals surface area contributed by atoms with Gasteiger partial charge in [0, 0.05) is 19.1 Å². The molecule has 1 aliphatic carbocycles. The molecule has 0 aromatic rings. The molecule has 0 saturated carbocycles. The van der Waals surface area contributed by atoms with Gasteiger partial charge in [0.15, 0.2) is 0 Å². The monoisotopic (exact) mass is 225 g/mol. The summed E-state index contributed by atoms with van der Waals surface area (Å²) in [7, 11) is 1.46. The summed E-state index contributed by atoms with van der Waals surface area (Å²) in [6, 6.07) is 0.377. The highest BCUT2D eigenvalue weighted by Crippen LogP contribution is 2.24.